The van der Waals surface area contributed by atoms with Gasteiger partial charge in [-0.25, -0.2) is 22.4 Å². The molecule has 2 aliphatic rings. The summed E-state index contributed by atoms with van der Waals surface area (Å²) in [5, 5.41) is 14.8. The summed E-state index contributed by atoms with van der Waals surface area (Å²) in [7, 11) is -3.54. The number of carboxylic acids is 2. The third-order valence-corrected chi connectivity index (χ3v) is 8.14. The van der Waals surface area contributed by atoms with E-state index in [1.54, 1.807) is 0 Å². The number of halogens is 1. The summed E-state index contributed by atoms with van der Waals surface area (Å²) in [6, 6.07) is 16.2. The minimum absolute atomic E-state index is 0.168. The molecular weight excluding hydrogens is 477 g/mol. The SMILES string of the molecule is O=C(O)C(=O)O.O=S(=O)(c1ccc(F)cc1)N1CCN(C2CCN(Cc3ccccc3)CC2)CC1. The lowest BCUT2D eigenvalue weighted by Crippen LogP contribution is -2.54. The lowest BCUT2D eigenvalue weighted by molar-refractivity contribution is -0.159. The Hall–Kier alpha value is -2.86. The van der Waals surface area contributed by atoms with Crippen molar-refractivity contribution in [3.8, 4) is 0 Å². The minimum Gasteiger partial charge on any atom is -0.473 e. The monoisotopic (exact) mass is 507 g/mol. The molecule has 190 valence electrons. The fraction of sp³-hybridized carbons (Fsp3) is 0.417. The van der Waals surface area contributed by atoms with Gasteiger partial charge in [0.15, 0.2) is 0 Å². The first-order chi connectivity index (χ1) is 16.7. The molecule has 0 radical (unpaired) electrons. The van der Waals surface area contributed by atoms with Crippen molar-refractivity contribution >= 4 is 22.0 Å². The summed E-state index contributed by atoms with van der Waals surface area (Å²) in [5.74, 6) is -4.07. The maximum atomic E-state index is 13.1. The highest BCUT2D eigenvalue weighted by atomic mass is 32.2. The number of benzene rings is 2. The van der Waals surface area contributed by atoms with Gasteiger partial charge in [0.2, 0.25) is 10.0 Å². The number of hydrogen-bond acceptors (Lipinski definition) is 6. The van der Waals surface area contributed by atoms with Crippen LogP contribution in [0.4, 0.5) is 4.39 Å². The number of nitrogens with zero attached hydrogens (tertiary/aromatic N) is 3. The van der Waals surface area contributed by atoms with Crippen molar-refractivity contribution in [2.24, 2.45) is 0 Å². The number of hydrogen-bond donors (Lipinski definition) is 2. The Morgan fingerprint density at radius 1 is 0.829 bits per heavy atom. The van der Waals surface area contributed by atoms with Crippen LogP contribution < -0.4 is 0 Å². The third kappa shape index (κ3) is 7.56. The zero-order chi connectivity index (χ0) is 25.4. The van der Waals surface area contributed by atoms with Crippen LogP contribution in [-0.4, -0.2) is 90.0 Å². The second-order valence-electron chi connectivity index (χ2n) is 8.50. The average molecular weight is 508 g/mol. The van der Waals surface area contributed by atoms with E-state index in [9.17, 15) is 12.8 Å². The molecule has 4 rings (SSSR count). The lowest BCUT2D eigenvalue weighted by Gasteiger charge is -2.42. The topological polar surface area (TPSA) is 118 Å². The molecule has 2 aromatic carbocycles. The number of carboxylic acid groups (broad SMARTS) is 2. The molecule has 2 saturated heterocycles. The lowest BCUT2D eigenvalue weighted by atomic mass is 10.0. The van der Waals surface area contributed by atoms with E-state index in [4.69, 9.17) is 19.8 Å². The third-order valence-electron chi connectivity index (χ3n) is 6.23. The van der Waals surface area contributed by atoms with Gasteiger partial charge in [0.1, 0.15) is 5.82 Å². The Bertz CT molecular complexity index is 1070. The molecule has 9 nitrogen and oxygen atoms in total. The van der Waals surface area contributed by atoms with Crippen LogP contribution in [0.5, 0.6) is 0 Å². The number of sulfonamides is 1. The van der Waals surface area contributed by atoms with Gasteiger partial charge in [-0.2, -0.15) is 4.31 Å². The number of piperidine rings is 1. The van der Waals surface area contributed by atoms with Crippen molar-refractivity contribution in [3.05, 3.63) is 66.0 Å². The van der Waals surface area contributed by atoms with E-state index in [0.29, 0.717) is 19.1 Å². The first-order valence-corrected chi connectivity index (χ1v) is 12.8. The quantitative estimate of drug-likeness (QED) is 0.590. The Kier molecular flexibility index (Phi) is 9.33. The normalized spacial score (nSPS) is 18.4. The highest BCUT2D eigenvalue weighted by Gasteiger charge is 2.32. The van der Waals surface area contributed by atoms with Gasteiger partial charge in [0.05, 0.1) is 4.90 Å². The number of carbonyl (C=O) groups is 2. The van der Waals surface area contributed by atoms with Crippen LogP contribution in [0.2, 0.25) is 0 Å². The summed E-state index contributed by atoms with van der Waals surface area (Å²) < 4.78 is 40.2. The fourth-order valence-corrected chi connectivity index (χ4v) is 5.77. The summed E-state index contributed by atoms with van der Waals surface area (Å²) in [6.45, 7) is 5.64. The van der Waals surface area contributed by atoms with Gasteiger partial charge in [-0.05, 0) is 55.8 Å². The van der Waals surface area contributed by atoms with Crippen molar-refractivity contribution < 1.29 is 32.6 Å². The molecule has 0 unspecified atom stereocenters. The fourth-order valence-electron chi connectivity index (χ4n) is 4.35. The van der Waals surface area contributed by atoms with Crippen LogP contribution in [0, 0.1) is 5.82 Å². The Balaban J connectivity index is 0.000000509. The van der Waals surface area contributed by atoms with Gasteiger partial charge in [0.25, 0.3) is 0 Å². The summed E-state index contributed by atoms with van der Waals surface area (Å²) in [6.07, 6.45) is 2.25. The number of piperazine rings is 1. The van der Waals surface area contributed by atoms with Gasteiger partial charge in [-0.3, -0.25) is 9.80 Å². The van der Waals surface area contributed by atoms with E-state index in [1.807, 2.05) is 6.07 Å². The Morgan fingerprint density at radius 3 is 1.89 bits per heavy atom. The second kappa shape index (κ2) is 12.2. The summed E-state index contributed by atoms with van der Waals surface area (Å²) in [4.78, 5) is 23.3. The Morgan fingerprint density at radius 2 is 1.37 bits per heavy atom. The van der Waals surface area contributed by atoms with Gasteiger partial charge in [-0.15, -0.1) is 0 Å². The molecule has 2 heterocycles. The molecule has 0 saturated carbocycles. The molecule has 2 aromatic rings. The van der Waals surface area contributed by atoms with Gasteiger partial charge in [-0.1, -0.05) is 30.3 Å². The molecule has 2 aliphatic heterocycles. The molecule has 0 atom stereocenters. The first-order valence-electron chi connectivity index (χ1n) is 11.4. The maximum absolute atomic E-state index is 13.1. The molecular formula is C24H30FN3O6S. The van der Waals surface area contributed by atoms with Crippen LogP contribution in [0.15, 0.2) is 59.5 Å². The summed E-state index contributed by atoms with van der Waals surface area (Å²) >= 11 is 0. The van der Waals surface area contributed by atoms with Crippen LogP contribution >= 0.6 is 0 Å². The summed E-state index contributed by atoms with van der Waals surface area (Å²) in [5.41, 5.74) is 1.35. The predicted octanol–water partition coefficient (Wildman–Crippen LogP) is 1.95. The van der Waals surface area contributed by atoms with Crippen LogP contribution in [0.3, 0.4) is 0 Å². The average Bonchev–Trinajstić information content (AvgIpc) is 2.86. The van der Waals surface area contributed by atoms with E-state index < -0.39 is 27.8 Å². The maximum Gasteiger partial charge on any atom is 0.414 e. The number of likely N-dealkylation sites (tertiary alicyclic amines) is 1. The number of aliphatic carboxylic acids is 2. The van der Waals surface area contributed by atoms with Crippen molar-refractivity contribution in [1.29, 1.82) is 0 Å². The van der Waals surface area contributed by atoms with Gasteiger partial charge >= 0.3 is 11.9 Å². The van der Waals surface area contributed by atoms with Crippen LogP contribution in [0.25, 0.3) is 0 Å². The largest absolute Gasteiger partial charge is 0.473 e. The highest BCUT2D eigenvalue weighted by molar-refractivity contribution is 7.89. The molecule has 35 heavy (non-hydrogen) atoms. The standard InChI is InChI=1S/C22H28FN3O2S.C2H2O4/c23-20-6-8-22(9-7-20)29(27,28)26-16-14-25(15-17-26)21-10-12-24(13-11-21)18-19-4-2-1-3-5-19;3-1(4)2(5)6/h1-9,21H,10-18H2;(H,3,4)(H,5,6). The molecule has 0 aliphatic carbocycles. The van der Waals surface area contributed by atoms with Crippen molar-refractivity contribution in [1.82, 2.24) is 14.1 Å². The van der Waals surface area contributed by atoms with E-state index in [0.717, 1.165) is 45.6 Å². The minimum atomic E-state index is -3.54. The van der Waals surface area contributed by atoms with Crippen molar-refractivity contribution in [2.45, 2.75) is 30.3 Å². The van der Waals surface area contributed by atoms with E-state index in [-0.39, 0.29) is 4.90 Å². The molecule has 0 amide bonds. The molecule has 0 spiro atoms. The van der Waals surface area contributed by atoms with Gasteiger partial charge < -0.3 is 10.2 Å². The second-order valence-corrected chi connectivity index (χ2v) is 10.4. The van der Waals surface area contributed by atoms with Crippen molar-refractivity contribution in [3.63, 3.8) is 0 Å². The smallest absolute Gasteiger partial charge is 0.414 e. The van der Waals surface area contributed by atoms with Crippen molar-refractivity contribution in [2.75, 3.05) is 39.3 Å². The van der Waals surface area contributed by atoms with Gasteiger partial charge in [0, 0.05) is 38.8 Å². The molecule has 0 bridgehead atoms. The Labute approximate surface area is 204 Å². The first kappa shape index (κ1) is 26.7. The molecule has 11 heteroatoms. The number of rotatable bonds is 5. The molecule has 2 fully saturated rings. The van der Waals surface area contributed by atoms with E-state index in [2.05, 4.69) is 34.1 Å². The molecule has 2 N–H and O–H groups in total. The highest BCUT2D eigenvalue weighted by Crippen LogP contribution is 2.23. The predicted molar refractivity (Wildman–Crippen MR) is 127 cm³/mol. The molecule has 0 aromatic heterocycles. The van der Waals surface area contributed by atoms with Crippen LogP contribution in [0.1, 0.15) is 18.4 Å². The van der Waals surface area contributed by atoms with Crippen LogP contribution in [-0.2, 0) is 26.2 Å². The van der Waals surface area contributed by atoms with E-state index >= 15 is 0 Å². The zero-order valence-electron chi connectivity index (χ0n) is 19.3. The zero-order valence-corrected chi connectivity index (χ0v) is 20.1. The van der Waals surface area contributed by atoms with E-state index in [1.165, 1.54) is 34.1 Å².